The van der Waals surface area contributed by atoms with Gasteiger partial charge in [0.05, 0.1) is 12.4 Å². The third-order valence-electron chi connectivity index (χ3n) is 3.08. The van der Waals surface area contributed by atoms with Crippen LogP contribution in [0.2, 0.25) is 0 Å². The minimum Gasteiger partial charge on any atom is -0.476 e. The second-order valence-electron chi connectivity index (χ2n) is 4.50. The number of carboxylic acids is 1. The number of nitrogens with two attached hydrogens (primary N) is 1. The fourth-order valence-electron chi connectivity index (χ4n) is 1.53. The zero-order chi connectivity index (χ0) is 14.4. The van der Waals surface area contributed by atoms with Crippen molar-refractivity contribution in [1.82, 2.24) is 14.9 Å². The summed E-state index contributed by atoms with van der Waals surface area (Å²) in [4.78, 5) is 26.0. The standard InChI is InChI=1S/C12H20N4O3/c1-3-8(2)10(13)11(17)14-4-5-16-6-9(12(18)19)15-7-16/h6-8,10H,3-5,13H2,1-2H3,(H,14,17)(H,18,19)/t8-,10-/m0/s1. The van der Waals surface area contributed by atoms with Crippen molar-refractivity contribution in [3.8, 4) is 0 Å². The molecule has 1 heterocycles. The van der Waals surface area contributed by atoms with Crippen molar-refractivity contribution in [2.24, 2.45) is 11.7 Å². The third kappa shape index (κ3) is 4.36. The first-order valence-electron chi connectivity index (χ1n) is 6.24. The molecule has 19 heavy (non-hydrogen) atoms. The van der Waals surface area contributed by atoms with E-state index < -0.39 is 12.0 Å². The molecule has 0 aliphatic heterocycles. The molecule has 106 valence electrons. The van der Waals surface area contributed by atoms with Crippen molar-refractivity contribution in [1.29, 1.82) is 0 Å². The predicted molar refractivity (Wildman–Crippen MR) is 69.6 cm³/mol. The Morgan fingerprint density at radius 3 is 2.79 bits per heavy atom. The SMILES string of the molecule is CC[C@H](C)[C@H](N)C(=O)NCCn1cnc(C(=O)O)c1. The number of amides is 1. The van der Waals surface area contributed by atoms with Gasteiger partial charge < -0.3 is 20.7 Å². The molecular formula is C12H20N4O3. The first kappa shape index (κ1) is 15.2. The molecule has 7 nitrogen and oxygen atoms in total. The molecule has 0 aromatic carbocycles. The van der Waals surface area contributed by atoms with Crippen molar-refractivity contribution in [3.05, 3.63) is 18.2 Å². The lowest BCUT2D eigenvalue weighted by Gasteiger charge is -2.17. The molecule has 0 spiro atoms. The van der Waals surface area contributed by atoms with Gasteiger partial charge >= 0.3 is 5.97 Å². The van der Waals surface area contributed by atoms with Crippen molar-refractivity contribution >= 4 is 11.9 Å². The summed E-state index contributed by atoms with van der Waals surface area (Å²) >= 11 is 0. The Labute approximate surface area is 111 Å². The molecule has 0 saturated carbocycles. The van der Waals surface area contributed by atoms with Crippen LogP contribution in [-0.4, -0.2) is 39.1 Å². The fourth-order valence-corrected chi connectivity index (χ4v) is 1.53. The number of hydrogen-bond acceptors (Lipinski definition) is 4. The number of imidazole rings is 1. The molecule has 1 aromatic heterocycles. The summed E-state index contributed by atoms with van der Waals surface area (Å²) in [5.41, 5.74) is 5.77. The number of carboxylic acid groups (broad SMARTS) is 1. The monoisotopic (exact) mass is 268 g/mol. The highest BCUT2D eigenvalue weighted by atomic mass is 16.4. The summed E-state index contributed by atoms with van der Waals surface area (Å²) in [6.45, 7) is 4.76. The van der Waals surface area contributed by atoms with Gasteiger partial charge in [0.1, 0.15) is 0 Å². The largest absolute Gasteiger partial charge is 0.476 e. The van der Waals surface area contributed by atoms with Crippen LogP contribution in [0.1, 0.15) is 30.8 Å². The Hall–Kier alpha value is -1.89. The molecule has 1 aromatic rings. The quantitative estimate of drug-likeness (QED) is 0.648. The van der Waals surface area contributed by atoms with Gasteiger partial charge in [-0.2, -0.15) is 0 Å². The molecule has 1 amide bonds. The average molecular weight is 268 g/mol. The predicted octanol–water partition coefficient (Wildman–Crippen LogP) is 0.0709. The summed E-state index contributed by atoms with van der Waals surface area (Å²) in [5.74, 6) is -1.12. The molecule has 0 aliphatic rings. The van der Waals surface area contributed by atoms with Gasteiger partial charge in [0.25, 0.3) is 0 Å². The number of carbonyl (C=O) groups is 2. The van der Waals surface area contributed by atoms with Crippen LogP contribution in [0.5, 0.6) is 0 Å². The topological polar surface area (TPSA) is 110 Å². The maximum Gasteiger partial charge on any atom is 0.356 e. The molecule has 0 bridgehead atoms. The highest BCUT2D eigenvalue weighted by Crippen LogP contribution is 2.04. The Morgan fingerprint density at radius 2 is 2.26 bits per heavy atom. The van der Waals surface area contributed by atoms with Crippen molar-refractivity contribution in [3.63, 3.8) is 0 Å². The number of hydrogen-bond donors (Lipinski definition) is 3. The van der Waals surface area contributed by atoms with Crippen LogP contribution >= 0.6 is 0 Å². The maximum absolute atomic E-state index is 11.7. The molecule has 2 atom stereocenters. The zero-order valence-corrected chi connectivity index (χ0v) is 11.2. The second kappa shape index (κ2) is 6.89. The van der Waals surface area contributed by atoms with Crippen molar-refractivity contribution < 1.29 is 14.7 Å². The van der Waals surface area contributed by atoms with E-state index in [9.17, 15) is 9.59 Å². The molecule has 0 saturated heterocycles. The molecule has 1 rings (SSSR count). The van der Waals surface area contributed by atoms with E-state index in [0.29, 0.717) is 13.1 Å². The Morgan fingerprint density at radius 1 is 1.58 bits per heavy atom. The van der Waals surface area contributed by atoms with Gasteiger partial charge in [-0.05, 0) is 5.92 Å². The molecule has 4 N–H and O–H groups in total. The van der Waals surface area contributed by atoms with E-state index in [2.05, 4.69) is 10.3 Å². The van der Waals surface area contributed by atoms with Gasteiger partial charge in [0.15, 0.2) is 5.69 Å². The van der Waals surface area contributed by atoms with E-state index in [4.69, 9.17) is 10.8 Å². The molecule has 7 heteroatoms. The maximum atomic E-state index is 11.7. The Kier molecular flexibility index (Phi) is 5.50. The molecular weight excluding hydrogens is 248 g/mol. The third-order valence-corrected chi connectivity index (χ3v) is 3.08. The van der Waals surface area contributed by atoms with E-state index >= 15 is 0 Å². The smallest absolute Gasteiger partial charge is 0.356 e. The van der Waals surface area contributed by atoms with Gasteiger partial charge in [0, 0.05) is 19.3 Å². The van der Waals surface area contributed by atoms with Crippen LogP contribution in [0, 0.1) is 5.92 Å². The van der Waals surface area contributed by atoms with Gasteiger partial charge in [-0.3, -0.25) is 4.79 Å². The summed E-state index contributed by atoms with van der Waals surface area (Å²) in [7, 11) is 0. The summed E-state index contributed by atoms with van der Waals surface area (Å²) in [6.07, 6.45) is 3.69. The van der Waals surface area contributed by atoms with Crippen LogP contribution in [0.4, 0.5) is 0 Å². The summed E-state index contributed by atoms with van der Waals surface area (Å²) in [6, 6.07) is -0.512. The first-order valence-corrected chi connectivity index (χ1v) is 6.24. The Balaban J connectivity index is 2.37. The normalized spacial score (nSPS) is 13.8. The lowest BCUT2D eigenvalue weighted by atomic mass is 9.99. The van der Waals surface area contributed by atoms with E-state index in [1.165, 1.54) is 12.5 Å². The summed E-state index contributed by atoms with van der Waals surface area (Å²) < 4.78 is 1.61. The summed E-state index contributed by atoms with van der Waals surface area (Å²) in [5, 5.41) is 11.4. The van der Waals surface area contributed by atoms with E-state index in [1.807, 2.05) is 13.8 Å². The van der Waals surface area contributed by atoms with Crippen LogP contribution in [-0.2, 0) is 11.3 Å². The number of aromatic carboxylic acids is 1. The van der Waals surface area contributed by atoms with Gasteiger partial charge in [-0.1, -0.05) is 20.3 Å². The first-order chi connectivity index (χ1) is 8.95. The fraction of sp³-hybridized carbons (Fsp3) is 0.583. The number of nitrogens with zero attached hydrogens (tertiary/aromatic N) is 2. The highest BCUT2D eigenvalue weighted by Gasteiger charge is 2.18. The van der Waals surface area contributed by atoms with E-state index in [1.54, 1.807) is 4.57 Å². The number of nitrogens with one attached hydrogen (secondary N) is 1. The second-order valence-corrected chi connectivity index (χ2v) is 4.50. The van der Waals surface area contributed by atoms with E-state index in [-0.39, 0.29) is 17.5 Å². The van der Waals surface area contributed by atoms with Crippen LogP contribution < -0.4 is 11.1 Å². The van der Waals surface area contributed by atoms with Crippen LogP contribution in [0.25, 0.3) is 0 Å². The van der Waals surface area contributed by atoms with E-state index in [0.717, 1.165) is 6.42 Å². The van der Waals surface area contributed by atoms with Gasteiger partial charge in [-0.25, -0.2) is 9.78 Å². The van der Waals surface area contributed by atoms with Crippen molar-refractivity contribution in [2.45, 2.75) is 32.9 Å². The number of carbonyl (C=O) groups excluding carboxylic acids is 1. The number of aromatic nitrogens is 2. The molecule has 0 aliphatic carbocycles. The van der Waals surface area contributed by atoms with Gasteiger partial charge in [-0.15, -0.1) is 0 Å². The zero-order valence-electron chi connectivity index (χ0n) is 11.2. The number of rotatable bonds is 7. The van der Waals surface area contributed by atoms with Crippen molar-refractivity contribution in [2.75, 3.05) is 6.54 Å². The van der Waals surface area contributed by atoms with Gasteiger partial charge in [0.2, 0.25) is 5.91 Å². The lowest BCUT2D eigenvalue weighted by molar-refractivity contribution is -0.123. The lowest BCUT2D eigenvalue weighted by Crippen LogP contribution is -2.45. The molecule has 0 fully saturated rings. The highest BCUT2D eigenvalue weighted by molar-refractivity contribution is 5.84. The van der Waals surface area contributed by atoms with Crippen LogP contribution in [0.3, 0.4) is 0 Å². The molecule has 0 unspecified atom stereocenters. The Bertz CT molecular complexity index is 444. The molecule has 0 radical (unpaired) electrons. The minimum absolute atomic E-state index is 0.0115. The average Bonchev–Trinajstić information content (AvgIpc) is 2.85. The van der Waals surface area contributed by atoms with Crippen LogP contribution in [0.15, 0.2) is 12.5 Å². The minimum atomic E-state index is -1.07.